The van der Waals surface area contributed by atoms with Gasteiger partial charge in [-0.05, 0) is 96.1 Å². The number of fused-ring (bicyclic) bond motifs is 1. The maximum atomic E-state index is 13.4. The number of carbonyl (C=O) groups is 2. The Morgan fingerprint density at radius 2 is 1.80 bits per heavy atom. The third-order valence-electron chi connectivity index (χ3n) is 5.81. The van der Waals surface area contributed by atoms with Crippen molar-refractivity contribution < 1.29 is 19.4 Å². The number of rotatable bonds is 5. The van der Waals surface area contributed by atoms with Crippen molar-refractivity contribution in [3.63, 3.8) is 0 Å². The van der Waals surface area contributed by atoms with Gasteiger partial charge in [0.1, 0.15) is 11.5 Å². The van der Waals surface area contributed by atoms with Crippen LogP contribution in [0.1, 0.15) is 29.7 Å². The van der Waals surface area contributed by atoms with E-state index in [0.29, 0.717) is 28.6 Å². The molecule has 0 saturated carbocycles. The number of Topliss-reactive ketones (excluding diaryl/α,β-unsaturated/α-hetero) is 1. The van der Waals surface area contributed by atoms with Crippen molar-refractivity contribution in [3.05, 3.63) is 92.6 Å². The van der Waals surface area contributed by atoms with Crippen LogP contribution < -0.4 is 9.64 Å². The predicted molar refractivity (Wildman–Crippen MR) is 146 cm³/mol. The number of ether oxygens (including phenoxy) is 1. The largest absolute Gasteiger partial charge is 0.507 e. The van der Waals surface area contributed by atoms with E-state index in [-0.39, 0.29) is 11.3 Å². The second-order valence-electron chi connectivity index (χ2n) is 8.15. The van der Waals surface area contributed by atoms with Crippen LogP contribution in [0.3, 0.4) is 0 Å². The molecule has 0 aliphatic carbocycles. The number of hydrogen-bond acceptors (Lipinski definition) is 6. The molecule has 1 saturated heterocycles. The first-order chi connectivity index (χ1) is 16.9. The van der Waals surface area contributed by atoms with Crippen LogP contribution >= 0.6 is 33.9 Å². The minimum atomic E-state index is -0.805. The summed E-state index contributed by atoms with van der Waals surface area (Å²) in [6, 6.07) is 19.4. The molecule has 6 nitrogen and oxygen atoms in total. The number of anilines is 1. The summed E-state index contributed by atoms with van der Waals surface area (Å²) in [5.41, 5.74) is 3.02. The molecule has 8 heteroatoms. The average Bonchev–Trinajstić information content (AvgIpc) is 3.37. The van der Waals surface area contributed by atoms with Crippen molar-refractivity contribution >= 4 is 66.7 Å². The van der Waals surface area contributed by atoms with Crippen LogP contribution in [0.5, 0.6) is 5.75 Å². The van der Waals surface area contributed by atoms with Crippen LogP contribution in [0.25, 0.3) is 16.0 Å². The van der Waals surface area contributed by atoms with Crippen molar-refractivity contribution in [2.24, 2.45) is 0 Å². The van der Waals surface area contributed by atoms with Gasteiger partial charge in [-0.15, -0.1) is 0 Å². The van der Waals surface area contributed by atoms with Crippen molar-refractivity contribution in [3.8, 4) is 5.75 Å². The van der Waals surface area contributed by atoms with Gasteiger partial charge in [0, 0.05) is 9.13 Å². The molecular weight excluding hydrogens is 575 g/mol. The Kier molecular flexibility index (Phi) is 6.33. The highest BCUT2D eigenvalue weighted by Crippen LogP contribution is 2.44. The highest BCUT2D eigenvalue weighted by Gasteiger charge is 2.48. The number of nitrogens with zero attached hydrogens (tertiary/aromatic N) is 2. The van der Waals surface area contributed by atoms with E-state index in [2.05, 4.69) is 27.6 Å². The minimum absolute atomic E-state index is 0.0378. The molecule has 1 atom stereocenters. The first kappa shape index (κ1) is 23.5. The molecule has 1 aliphatic heterocycles. The standard InChI is InChI=1S/C27H21IN2O4S/c1-3-34-19-11-7-17(8-12-19)24(31)22-23(16-5-9-18(28)10-6-16)30(26(33)25(22)32)27-29-20-13-4-15(2)14-21(20)35-27/h4-14,23,31H,3H2,1-2H3/b24-22+. The Labute approximate surface area is 220 Å². The van der Waals surface area contributed by atoms with Crippen LogP contribution in [0.2, 0.25) is 0 Å². The van der Waals surface area contributed by atoms with E-state index in [4.69, 9.17) is 4.74 Å². The van der Waals surface area contributed by atoms with E-state index in [1.165, 1.54) is 16.2 Å². The lowest BCUT2D eigenvalue weighted by Gasteiger charge is -2.23. The molecule has 5 rings (SSSR count). The molecule has 2 heterocycles. The summed E-state index contributed by atoms with van der Waals surface area (Å²) in [5, 5.41) is 11.7. The number of halogens is 1. The van der Waals surface area contributed by atoms with Crippen molar-refractivity contribution in [1.82, 2.24) is 4.98 Å². The zero-order valence-electron chi connectivity index (χ0n) is 19.0. The van der Waals surface area contributed by atoms with Gasteiger partial charge in [-0.3, -0.25) is 14.5 Å². The molecule has 4 aromatic rings. The number of thiazole rings is 1. The summed E-state index contributed by atoms with van der Waals surface area (Å²) in [6.45, 7) is 4.40. The number of hydrogen-bond donors (Lipinski definition) is 1. The number of aryl methyl sites for hydroxylation is 1. The van der Waals surface area contributed by atoms with E-state index in [1.54, 1.807) is 24.3 Å². The van der Waals surface area contributed by atoms with Crippen molar-refractivity contribution in [2.45, 2.75) is 19.9 Å². The lowest BCUT2D eigenvalue weighted by Crippen LogP contribution is -2.29. The van der Waals surface area contributed by atoms with Gasteiger partial charge >= 0.3 is 5.91 Å². The molecule has 0 spiro atoms. The van der Waals surface area contributed by atoms with Gasteiger partial charge in [-0.25, -0.2) is 4.98 Å². The molecule has 0 bridgehead atoms. The molecule has 176 valence electrons. The monoisotopic (exact) mass is 596 g/mol. The molecular formula is C27H21IN2O4S. The fourth-order valence-electron chi connectivity index (χ4n) is 4.14. The van der Waals surface area contributed by atoms with Crippen LogP contribution in [0, 0.1) is 10.5 Å². The summed E-state index contributed by atoms with van der Waals surface area (Å²) >= 11 is 3.56. The second-order valence-corrected chi connectivity index (χ2v) is 10.4. The highest BCUT2D eigenvalue weighted by molar-refractivity contribution is 14.1. The molecule has 3 aromatic carbocycles. The van der Waals surface area contributed by atoms with E-state index in [1.807, 2.05) is 56.3 Å². The lowest BCUT2D eigenvalue weighted by molar-refractivity contribution is -0.132. The second kappa shape index (κ2) is 9.43. The predicted octanol–water partition coefficient (Wildman–Crippen LogP) is 6.23. The Morgan fingerprint density at radius 1 is 1.09 bits per heavy atom. The topological polar surface area (TPSA) is 79.7 Å². The number of amides is 1. The van der Waals surface area contributed by atoms with Crippen LogP contribution in [-0.4, -0.2) is 28.4 Å². The normalized spacial score (nSPS) is 17.3. The Balaban J connectivity index is 1.68. The van der Waals surface area contributed by atoms with Gasteiger partial charge in [0.25, 0.3) is 5.78 Å². The molecule has 1 aliphatic rings. The third kappa shape index (κ3) is 4.32. The molecule has 35 heavy (non-hydrogen) atoms. The SMILES string of the molecule is CCOc1ccc(/C(O)=C2\C(=O)C(=O)N(c3nc4ccc(C)cc4s3)C2c2ccc(I)cc2)cc1. The van der Waals surface area contributed by atoms with Crippen LogP contribution in [0.15, 0.2) is 72.3 Å². The summed E-state index contributed by atoms with van der Waals surface area (Å²) in [7, 11) is 0. The van der Waals surface area contributed by atoms with E-state index in [9.17, 15) is 14.7 Å². The van der Waals surface area contributed by atoms with Gasteiger partial charge in [-0.1, -0.05) is 29.5 Å². The van der Waals surface area contributed by atoms with Gasteiger partial charge in [-0.2, -0.15) is 0 Å². The zero-order chi connectivity index (χ0) is 24.7. The Morgan fingerprint density at radius 3 is 2.49 bits per heavy atom. The van der Waals surface area contributed by atoms with Crippen LogP contribution in [-0.2, 0) is 9.59 Å². The quantitative estimate of drug-likeness (QED) is 0.128. The summed E-state index contributed by atoms with van der Waals surface area (Å²) in [4.78, 5) is 32.8. The highest BCUT2D eigenvalue weighted by atomic mass is 127. The molecule has 1 aromatic heterocycles. The number of aliphatic hydroxyl groups is 1. The zero-order valence-corrected chi connectivity index (χ0v) is 22.0. The first-order valence-electron chi connectivity index (χ1n) is 11.0. The van der Waals surface area contributed by atoms with Crippen molar-refractivity contribution in [1.29, 1.82) is 0 Å². The summed E-state index contributed by atoms with van der Waals surface area (Å²) < 4.78 is 7.43. The minimum Gasteiger partial charge on any atom is -0.507 e. The number of ketones is 1. The fraction of sp³-hybridized carbons (Fsp3) is 0.148. The number of aliphatic hydroxyl groups excluding tert-OH is 1. The summed E-state index contributed by atoms with van der Waals surface area (Å²) in [5.74, 6) is -1.02. The third-order valence-corrected chi connectivity index (χ3v) is 7.54. The number of aromatic nitrogens is 1. The summed E-state index contributed by atoms with van der Waals surface area (Å²) in [6.07, 6.45) is 0. The molecule has 1 amide bonds. The van der Waals surface area contributed by atoms with E-state index >= 15 is 0 Å². The Hall–Kier alpha value is -3.24. The van der Waals surface area contributed by atoms with Gasteiger partial charge in [0.05, 0.1) is 28.4 Å². The van der Waals surface area contributed by atoms with Crippen LogP contribution in [0.4, 0.5) is 5.13 Å². The molecule has 1 fully saturated rings. The number of benzene rings is 3. The first-order valence-corrected chi connectivity index (χ1v) is 12.9. The Bertz CT molecular complexity index is 1480. The fourth-order valence-corrected chi connectivity index (χ4v) is 5.59. The van der Waals surface area contributed by atoms with E-state index in [0.717, 1.165) is 19.4 Å². The lowest BCUT2D eigenvalue weighted by atomic mass is 9.95. The smallest absolute Gasteiger partial charge is 0.301 e. The average molecular weight is 596 g/mol. The molecule has 1 N–H and O–H groups in total. The maximum absolute atomic E-state index is 13.4. The van der Waals surface area contributed by atoms with Gasteiger partial charge < -0.3 is 9.84 Å². The van der Waals surface area contributed by atoms with Crippen molar-refractivity contribution in [2.75, 3.05) is 11.5 Å². The van der Waals surface area contributed by atoms with E-state index < -0.39 is 17.7 Å². The van der Waals surface area contributed by atoms with Gasteiger partial charge in [0.15, 0.2) is 5.13 Å². The molecule has 1 unspecified atom stereocenters. The van der Waals surface area contributed by atoms with Gasteiger partial charge in [0.2, 0.25) is 0 Å². The number of carbonyl (C=O) groups excluding carboxylic acids is 2. The maximum Gasteiger partial charge on any atom is 0.301 e. The molecule has 0 radical (unpaired) electrons.